The van der Waals surface area contributed by atoms with Gasteiger partial charge >= 0.3 is 0 Å². The van der Waals surface area contributed by atoms with Gasteiger partial charge in [0, 0.05) is 6.54 Å². The van der Waals surface area contributed by atoms with Crippen molar-refractivity contribution >= 4 is 21.8 Å². The molecule has 1 aliphatic carbocycles. The van der Waals surface area contributed by atoms with Gasteiger partial charge in [0.15, 0.2) is 0 Å². The quantitative estimate of drug-likeness (QED) is 0.670. The number of nitrogens with zero attached hydrogens (tertiary/aromatic N) is 1. The largest absolute Gasteiger partial charge is 0.278 e. The van der Waals surface area contributed by atoms with Crippen molar-refractivity contribution in [2.75, 3.05) is 6.54 Å². The number of aryl methyl sites for hydroxylation is 1. The first-order chi connectivity index (χ1) is 14.9. The molecule has 164 valence electrons. The number of fused-ring (bicyclic) bond motifs is 1. The molecule has 2 atom stereocenters. The van der Waals surface area contributed by atoms with E-state index in [1.54, 1.807) is 25.1 Å². The number of amides is 2. The number of carbonyl (C=O) groups is 2. The topological polar surface area (TPSA) is 83.6 Å². The SMILES string of the molecule is Cc1ccc(CN2C(=O)C3CCCCC3C2=O)cc1S(=O)(=O)NCCc1ccccc1. The fraction of sp³-hybridized carbons (Fsp3) is 0.417. The zero-order chi connectivity index (χ0) is 22.0. The van der Waals surface area contributed by atoms with Crippen LogP contribution in [0.3, 0.4) is 0 Å². The molecule has 2 aliphatic rings. The molecule has 2 aromatic rings. The number of imide groups is 1. The van der Waals surface area contributed by atoms with Gasteiger partial charge in [-0.2, -0.15) is 0 Å². The summed E-state index contributed by atoms with van der Waals surface area (Å²) in [7, 11) is -3.70. The van der Waals surface area contributed by atoms with Crippen LogP contribution in [0, 0.1) is 18.8 Å². The molecule has 0 aromatic heterocycles. The minimum Gasteiger partial charge on any atom is -0.278 e. The molecule has 0 bridgehead atoms. The molecule has 31 heavy (non-hydrogen) atoms. The van der Waals surface area contributed by atoms with Crippen molar-refractivity contribution in [2.24, 2.45) is 11.8 Å². The number of nitrogens with one attached hydrogen (secondary N) is 1. The molecule has 6 nitrogen and oxygen atoms in total. The summed E-state index contributed by atoms with van der Waals surface area (Å²) < 4.78 is 28.5. The zero-order valence-electron chi connectivity index (χ0n) is 17.7. The maximum absolute atomic E-state index is 12.9. The first-order valence-corrected chi connectivity index (χ1v) is 12.3. The number of benzene rings is 2. The fourth-order valence-corrected chi connectivity index (χ4v) is 5.98. The number of carbonyl (C=O) groups excluding carboxylic acids is 2. The van der Waals surface area contributed by atoms with Crippen LogP contribution in [-0.2, 0) is 32.6 Å². The second kappa shape index (κ2) is 8.93. The summed E-state index contributed by atoms with van der Waals surface area (Å²) in [4.78, 5) is 27.0. The predicted molar refractivity (Wildman–Crippen MR) is 118 cm³/mol. The van der Waals surface area contributed by atoms with Crippen molar-refractivity contribution in [1.29, 1.82) is 0 Å². The monoisotopic (exact) mass is 440 g/mol. The van der Waals surface area contributed by atoms with Crippen LogP contribution in [0.15, 0.2) is 53.4 Å². The Balaban J connectivity index is 1.47. The standard InChI is InChI=1S/C24H28N2O4S/c1-17-11-12-19(16-26-23(27)20-9-5-6-10-21(20)24(26)28)15-22(17)31(29,30)25-14-13-18-7-3-2-4-8-18/h2-4,7-8,11-12,15,20-21,25H,5-6,9-10,13-14,16H2,1H3. The Kier molecular flexibility index (Phi) is 6.25. The highest BCUT2D eigenvalue weighted by atomic mass is 32.2. The first-order valence-electron chi connectivity index (χ1n) is 10.8. The van der Waals surface area contributed by atoms with E-state index in [-0.39, 0.29) is 35.1 Å². The van der Waals surface area contributed by atoms with Gasteiger partial charge in [-0.1, -0.05) is 55.3 Å². The lowest BCUT2D eigenvalue weighted by Crippen LogP contribution is -2.31. The predicted octanol–water partition coefficient (Wildman–Crippen LogP) is 3.19. The maximum Gasteiger partial charge on any atom is 0.240 e. The van der Waals surface area contributed by atoms with Crippen LogP contribution >= 0.6 is 0 Å². The van der Waals surface area contributed by atoms with Crippen molar-refractivity contribution < 1.29 is 18.0 Å². The fourth-order valence-electron chi connectivity index (χ4n) is 4.65. The molecule has 2 fully saturated rings. The normalized spacial score (nSPS) is 21.4. The smallest absolute Gasteiger partial charge is 0.240 e. The Bertz CT molecular complexity index is 1060. The van der Waals surface area contributed by atoms with Gasteiger partial charge in [-0.25, -0.2) is 13.1 Å². The summed E-state index contributed by atoms with van der Waals surface area (Å²) in [6.07, 6.45) is 4.10. The van der Waals surface area contributed by atoms with E-state index in [9.17, 15) is 18.0 Å². The van der Waals surface area contributed by atoms with E-state index in [1.165, 1.54) is 4.90 Å². The minimum absolute atomic E-state index is 0.110. The molecule has 1 saturated carbocycles. The van der Waals surface area contributed by atoms with Gasteiger partial charge in [0.05, 0.1) is 23.3 Å². The molecule has 1 saturated heterocycles. The molecule has 0 spiro atoms. The number of rotatable bonds is 7. The molecule has 2 unspecified atom stereocenters. The lowest BCUT2D eigenvalue weighted by Gasteiger charge is -2.19. The van der Waals surface area contributed by atoms with Gasteiger partial charge in [-0.3, -0.25) is 14.5 Å². The average Bonchev–Trinajstić information content (AvgIpc) is 3.00. The third-order valence-corrected chi connectivity index (χ3v) is 7.97. The van der Waals surface area contributed by atoms with Gasteiger partial charge in [0.1, 0.15) is 0 Å². The summed E-state index contributed by atoms with van der Waals surface area (Å²) in [6, 6.07) is 14.8. The number of likely N-dealkylation sites (tertiary alicyclic amines) is 1. The van der Waals surface area contributed by atoms with Crippen LogP contribution in [-0.4, -0.2) is 31.7 Å². The van der Waals surface area contributed by atoms with Crippen molar-refractivity contribution in [1.82, 2.24) is 9.62 Å². The first kappa shape index (κ1) is 21.7. The van der Waals surface area contributed by atoms with Crippen LogP contribution in [0.2, 0.25) is 0 Å². The van der Waals surface area contributed by atoms with Crippen LogP contribution < -0.4 is 4.72 Å². The second-order valence-electron chi connectivity index (χ2n) is 8.49. The molecule has 2 aromatic carbocycles. The van der Waals surface area contributed by atoms with E-state index >= 15 is 0 Å². The highest BCUT2D eigenvalue weighted by Crippen LogP contribution is 2.38. The van der Waals surface area contributed by atoms with Crippen molar-refractivity contribution in [3.8, 4) is 0 Å². The van der Waals surface area contributed by atoms with Gasteiger partial charge in [-0.05, 0) is 48.9 Å². The highest BCUT2D eigenvalue weighted by molar-refractivity contribution is 7.89. The Morgan fingerprint density at radius 3 is 2.23 bits per heavy atom. The van der Waals surface area contributed by atoms with Gasteiger partial charge < -0.3 is 0 Å². The van der Waals surface area contributed by atoms with Gasteiger partial charge in [0.25, 0.3) is 0 Å². The van der Waals surface area contributed by atoms with Crippen molar-refractivity contribution in [3.05, 3.63) is 65.2 Å². The zero-order valence-corrected chi connectivity index (χ0v) is 18.5. The third-order valence-electron chi connectivity index (χ3n) is 6.36. The molecule has 2 amide bonds. The molecule has 0 radical (unpaired) electrons. The Morgan fingerprint density at radius 1 is 0.935 bits per heavy atom. The lowest BCUT2D eigenvalue weighted by molar-refractivity contribution is -0.140. The Hall–Kier alpha value is -2.51. The van der Waals surface area contributed by atoms with Crippen LogP contribution in [0.5, 0.6) is 0 Å². The summed E-state index contributed by atoms with van der Waals surface area (Å²) in [5.41, 5.74) is 2.33. The van der Waals surface area contributed by atoms with E-state index in [4.69, 9.17) is 0 Å². The van der Waals surface area contributed by atoms with Crippen molar-refractivity contribution in [3.63, 3.8) is 0 Å². The van der Waals surface area contributed by atoms with E-state index < -0.39 is 10.0 Å². The van der Waals surface area contributed by atoms with Gasteiger partial charge in [-0.15, -0.1) is 0 Å². The summed E-state index contributed by atoms with van der Waals surface area (Å²) in [5.74, 6) is -0.620. The van der Waals surface area contributed by atoms with Crippen molar-refractivity contribution in [2.45, 2.75) is 50.5 Å². The average molecular weight is 441 g/mol. The summed E-state index contributed by atoms with van der Waals surface area (Å²) >= 11 is 0. The third kappa shape index (κ3) is 4.57. The highest BCUT2D eigenvalue weighted by Gasteiger charge is 2.47. The molecular weight excluding hydrogens is 412 g/mol. The maximum atomic E-state index is 12.9. The van der Waals surface area contributed by atoms with E-state index in [1.807, 2.05) is 30.3 Å². The van der Waals surface area contributed by atoms with E-state index in [0.29, 0.717) is 24.1 Å². The van der Waals surface area contributed by atoms with E-state index in [2.05, 4.69) is 4.72 Å². The molecular formula is C24H28N2O4S. The van der Waals surface area contributed by atoms with E-state index in [0.717, 1.165) is 31.2 Å². The number of hydrogen-bond acceptors (Lipinski definition) is 4. The summed E-state index contributed by atoms with van der Waals surface area (Å²) in [6.45, 7) is 2.16. The molecule has 1 N–H and O–H groups in total. The van der Waals surface area contributed by atoms with Gasteiger partial charge in [0.2, 0.25) is 21.8 Å². The van der Waals surface area contributed by atoms with Crippen LogP contribution in [0.1, 0.15) is 42.4 Å². The second-order valence-corrected chi connectivity index (χ2v) is 10.2. The lowest BCUT2D eigenvalue weighted by atomic mass is 9.81. The Labute approximate surface area is 183 Å². The molecule has 1 heterocycles. The number of hydrogen-bond donors (Lipinski definition) is 1. The summed E-state index contributed by atoms with van der Waals surface area (Å²) in [5, 5.41) is 0. The van der Waals surface area contributed by atoms with Crippen LogP contribution in [0.25, 0.3) is 0 Å². The molecule has 7 heteroatoms. The number of sulfonamides is 1. The minimum atomic E-state index is -3.70. The van der Waals surface area contributed by atoms with Crippen LogP contribution in [0.4, 0.5) is 0 Å². The Morgan fingerprint density at radius 2 is 1.58 bits per heavy atom. The molecule has 4 rings (SSSR count). The molecule has 1 aliphatic heterocycles.